The second-order valence-electron chi connectivity index (χ2n) is 6.44. The summed E-state index contributed by atoms with van der Waals surface area (Å²) in [4.78, 5) is 14.3. The molecule has 0 fully saturated rings. The first-order valence-electron chi connectivity index (χ1n) is 8.34. The van der Waals surface area contributed by atoms with Crippen LogP contribution in [0.1, 0.15) is 22.8 Å². The van der Waals surface area contributed by atoms with E-state index in [1.807, 2.05) is 37.3 Å². The molecular weight excluding hydrogens is 362 g/mol. The van der Waals surface area contributed by atoms with Gasteiger partial charge in [-0.05, 0) is 60.5 Å². The highest BCUT2D eigenvalue weighted by Crippen LogP contribution is 2.35. The normalized spacial score (nSPS) is 11.0. The highest BCUT2D eigenvalue weighted by Gasteiger charge is 2.13. The van der Waals surface area contributed by atoms with Crippen molar-refractivity contribution in [1.82, 2.24) is 4.98 Å². The lowest BCUT2D eigenvalue weighted by Crippen LogP contribution is -1.94. The van der Waals surface area contributed by atoms with Crippen molar-refractivity contribution in [3.8, 4) is 22.7 Å². The number of hydrogen-bond donors (Lipinski definition) is 2. The first-order chi connectivity index (χ1) is 12.9. The van der Waals surface area contributed by atoms with Crippen LogP contribution in [-0.2, 0) is 0 Å². The molecule has 4 aromatic rings. The van der Waals surface area contributed by atoms with Crippen molar-refractivity contribution in [1.29, 1.82) is 0 Å². The summed E-state index contributed by atoms with van der Waals surface area (Å²) < 4.78 is 5.95. The quantitative estimate of drug-likeness (QED) is 0.427. The molecule has 134 valence electrons. The van der Waals surface area contributed by atoms with Gasteiger partial charge >= 0.3 is 5.97 Å². The third-order valence-electron chi connectivity index (χ3n) is 4.46. The fourth-order valence-corrected chi connectivity index (χ4v) is 3.25. The average Bonchev–Trinajstić information content (AvgIpc) is 3.28. The summed E-state index contributed by atoms with van der Waals surface area (Å²) in [7, 11) is 0. The molecule has 0 aliphatic rings. The second-order valence-corrected chi connectivity index (χ2v) is 6.84. The van der Waals surface area contributed by atoms with Crippen molar-refractivity contribution in [2.45, 2.75) is 6.92 Å². The molecule has 0 radical (unpaired) electrons. The van der Waals surface area contributed by atoms with Crippen molar-refractivity contribution in [2.75, 3.05) is 0 Å². The van der Waals surface area contributed by atoms with Crippen LogP contribution in [0.5, 0.6) is 0 Å². The molecular formula is C22H16ClNO3. The number of aromatic carboxylic acids is 1. The molecule has 0 atom stereocenters. The van der Waals surface area contributed by atoms with Crippen molar-refractivity contribution in [2.24, 2.45) is 0 Å². The lowest BCUT2D eigenvalue weighted by Gasteiger charge is -2.00. The van der Waals surface area contributed by atoms with Crippen LogP contribution in [0.3, 0.4) is 0 Å². The van der Waals surface area contributed by atoms with E-state index in [4.69, 9.17) is 21.1 Å². The predicted octanol–water partition coefficient (Wildman–Crippen LogP) is 6.48. The Hall–Kier alpha value is -3.24. The van der Waals surface area contributed by atoms with Gasteiger partial charge < -0.3 is 14.5 Å². The van der Waals surface area contributed by atoms with E-state index >= 15 is 0 Å². The van der Waals surface area contributed by atoms with Crippen LogP contribution in [0.25, 0.3) is 39.3 Å². The summed E-state index contributed by atoms with van der Waals surface area (Å²) in [5, 5.41) is 10.5. The largest absolute Gasteiger partial charge is 0.478 e. The minimum absolute atomic E-state index is 0.255. The zero-order valence-electron chi connectivity index (χ0n) is 14.5. The lowest BCUT2D eigenvalue weighted by atomic mass is 10.1. The van der Waals surface area contributed by atoms with E-state index in [2.05, 4.69) is 11.6 Å². The van der Waals surface area contributed by atoms with Crippen LogP contribution >= 0.6 is 11.6 Å². The molecule has 2 aromatic carbocycles. The third kappa shape index (κ3) is 3.15. The van der Waals surface area contributed by atoms with E-state index in [1.165, 1.54) is 0 Å². The Balaban J connectivity index is 1.71. The first-order valence-corrected chi connectivity index (χ1v) is 8.72. The van der Waals surface area contributed by atoms with Crippen LogP contribution in [-0.4, -0.2) is 16.1 Å². The number of aromatic amines is 1. The molecule has 0 bridgehead atoms. The number of rotatable bonds is 4. The maximum absolute atomic E-state index is 11.0. The van der Waals surface area contributed by atoms with Gasteiger partial charge in [0.1, 0.15) is 0 Å². The zero-order chi connectivity index (χ0) is 19.1. The van der Waals surface area contributed by atoms with E-state index in [0.29, 0.717) is 16.4 Å². The Morgan fingerprint density at radius 1 is 1.04 bits per heavy atom. The maximum Gasteiger partial charge on any atom is 0.335 e. The monoisotopic (exact) mass is 377 g/mol. The molecule has 0 aliphatic heterocycles. The lowest BCUT2D eigenvalue weighted by molar-refractivity contribution is 0.0697. The van der Waals surface area contributed by atoms with Crippen LogP contribution in [0, 0.1) is 0 Å². The van der Waals surface area contributed by atoms with Gasteiger partial charge in [0.25, 0.3) is 0 Å². The number of fused-ring (bicyclic) bond motifs is 1. The summed E-state index contributed by atoms with van der Waals surface area (Å²) in [5.41, 5.74) is 5.39. The number of benzene rings is 2. The molecule has 2 heterocycles. The van der Waals surface area contributed by atoms with Gasteiger partial charge in [0, 0.05) is 11.1 Å². The first kappa shape index (κ1) is 17.2. The number of allylic oxidation sites excluding steroid dienone is 1. The highest BCUT2D eigenvalue weighted by molar-refractivity contribution is 6.35. The Morgan fingerprint density at radius 3 is 2.41 bits per heavy atom. The number of halogens is 1. The fourth-order valence-electron chi connectivity index (χ4n) is 2.99. The molecule has 0 saturated carbocycles. The molecule has 0 spiro atoms. The van der Waals surface area contributed by atoms with Crippen molar-refractivity contribution < 1.29 is 14.3 Å². The third-order valence-corrected chi connectivity index (χ3v) is 4.74. The predicted molar refractivity (Wildman–Crippen MR) is 108 cm³/mol. The molecule has 27 heavy (non-hydrogen) atoms. The molecule has 2 aromatic heterocycles. The Bertz CT molecular complexity index is 1180. The molecule has 4 rings (SSSR count). The number of carboxylic acid groups (broad SMARTS) is 1. The Labute approximate surface area is 160 Å². The smallest absolute Gasteiger partial charge is 0.335 e. The average molecular weight is 378 g/mol. The molecule has 2 N–H and O–H groups in total. The SMILES string of the molecule is C=C(C)c1cc(Cl)c2oc(-c3ccc(-c4ccc(C(=O)O)cc4)[nH]3)cc2c1. The van der Waals surface area contributed by atoms with Crippen molar-refractivity contribution in [3.05, 3.63) is 77.3 Å². The number of aromatic nitrogens is 1. The maximum atomic E-state index is 11.0. The fraction of sp³-hybridized carbons (Fsp3) is 0.0455. The molecule has 0 amide bonds. The molecule has 5 heteroatoms. The van der Waals surface area contributed by atoms with Gasteiger partial charge in [-0.2, -0.15) is 0 Å². The number of carboxylic acids is 1. The molecule has 0 saturated heterocycles. The second kappa shape index (κ2) is 6.49. The Kier molecular flexibility index (Phi) is 4.13. The van der Waals surface area contributed by atoms with Gasteiger partial charge in [-0.1, -0.05) is 35.9 Å². The van der Waals surface area contributed by atoms with Gasteiger partial charge in [-0.3, -0.25) is 0 Å². The number of H-pyrrole nitrogens is 1. The van der Waals surface area contributed by atoms with Gasteiger partial charge in [-0.25, -0.2) is 4.79 Å². The zero-order valence-corrected chi connectivity index (χ0v) is 15.3. The summed E-state index contributed by atoms with van der Waals surface area (Å²) >= 11 is 6.36. The van der Waals surface area contributed by atoms with Crippen LogP contribution in [0.2, 0.25) is 5.02 Å². The van der Waals surface area contributed by atoms with E-state index in [-0.39, 0.29) is 5.56 Å². The minimum atomic E-state index is -0.943. The molecule has 4 nitrogen and oxygen atoms in total. The number of hydrogen-bond acceptors (Lipinski definition) is 2. The molecule has 0 unspecified atom stereocenters. The van der Waals surface area contributed by atoms with Gasteiger partial charge in [0.2, 0.25) is 0 Å². The van der Waals surface area contributed by atoms with Crippen LogP contribution in [0.4, 0.5) is 0 Å². The highest BCUT2D eigenvalue weighted by atomic mass is 35.5. The Morgan fingerprint density at radius 2 is 1.74 bits per heavy atom. The van der Waals surface area contributed by atoms with Crippen LogP contribution in [0.15, 0.2) is 65.6 Å². The van der Waals surface area contributed by atoms with Gasteiger partial charge in [0.15, 0.2) is 11.3 Å². The summed E-state index contributed by atoms with van der Waals surface area (Å²) in [6, 6.07) is 16.4. The van der Waals surface area contributed by atoms with Crippen LogP contribution < -0.4 is 0 Å². The summed E-state index contributed by atoms with van der Waals surface area (Å²) in [5.74, 6) is -0.263. The van der Waals surface area contributed by atoms with Gasteiger partial charge in [-0.15, -0.1) is 0 Å². The van der Waals surface area contributed by atoms with E-state index in [0.717, 1.165) is 33.5 Å². The number of carbonyl (C=O) groups is 1. The minimum Gasteiger partial charge on any atom is -0.478 e. The summed E-state index contributed by atoms with van der Waals surface area (Å²) in [6.07, 6.45) is 0. The standard InChI is InChI=1S/C22H16ClNO3/c1-12(2)15-9-16-11-20(27-21(16)17(23)10-15)19-8-7-18(24-19)13-3-5-14(6-4-13)22(25)26/h3-11,24H,1H2,2H3,(H,25,26). The van der Waals surface area contributed by atoms with E-state index in [1.54, 1.807) is 24.3 Å². The number of furan rings is 1. The molecule has 0 aliphatic carbocycles. The van der Waals surface area contributed by atoms with Crippen molar-refractivity contribution in [3.63, 3.8) is 0 Å². The van der Waals surface area contributed by atoms with Crippen molar-refractivity contribution >= 4 is 34.1 Å². The number of nitrogens with one attached hydrogen (secondary N) is 1. The summed E-state index contributed by atoms with van der Waals surface area (Å²) in [6.45, 7) is 5.90. The topological polar surface area (TPSA) is 66.2 Å². The van der Waals surface area contributed by atoms with E-state index in [9.17, 15) is 4.79 Å². The van der Waals surface area contributed by atoms with E-state index < -0.39 is 5.97 Å². The van der Waals surface area contributed by atoms with Gasteiger partial charge in [0.05, 0.1) is 16.3 Å².